The Bertz CT molecular complexity index is 671. The molecule has 4 nitrogen and oxygen atoms in total. The molecule has 2 rings (SSSR count). The van der Waals surface area contributed by atoms with E-state index < -0.39 is 9.05 Å². The second-order valence-corrected chi connectivity index (χ2v) is 8.34. The third kappa shape index (κ3) is 4.03. The van der Waals surface area contributed by atoms with Crippen LogP contribution in [0.15, 0.2) is 17.0 Å². The number of rotatable bonds is 5. The topological polar surface area (TPSA) is 54.5 Å². The van der Waals surface area contributed by atoms with Crippen LogP contribution in [0.4, 0.5) is 0 Å². The predicted molar refractivity (Wildman–Crippen MR) is 83.8 cm³/mol. The lowest BCUT2D eigenvalue weighted by atomic mass is 10.2. The van der Waals surface area contributed by atoms with Crippen LogP contribution in [0.1, 0.15) is 30.1 Å². The number of carbonyl (C=O) groups is 1. The number of nitrogens with zero attached hydrogens (tertiary/aromatic N) is 1. The Morgan fingerprint density at radius 3 is 2.38 bits per heavy atom. The highest BCUT2D eigenvalue weighted by molar-refractivity contribution is 8.13. The first kappa shape index (κ1) is 16.9. The van der Waals surface area contributed by atoms with Crippen molar-refractivity contribution in [1.29, 1.82) is 0 Å². The van der Waals surface area contributed by atoms with Crippen LogP contribution in [0.25, 0.3) is 0 Å². The van der Waals surface area contributed by atoms with Crippen LogP contribution >= 0.6 is 33.9 Å². The molecule has 0 N–H and O–H groups in total. The number of benzene rings is 1. The van der Waals surface area contributed by atoms with Crippen molar-refractivity contribution in [1.82, 2.24) is 4.90 Å². The van der Waals surface area contributed by atoms with Crippen molar-refractivity contribution in [2.75, 3.05) is 13.1 Å². The molecule has 0 unspecified atom stereocenters. The van der Waals surface area contributed by atoms with Crippen molar-refractivity contribution in [3.05, 3.63) is 27.7 Å². The molecule has 0 atom stereocenters. The Morgan fingerprint density at radius 1 is 1.29 bits per heavy atom. The summed E-state index contributed by atoms with van der Waals surface area (Å²) in [5.41, 5.74) is 0.0998. The Hall–Kier alpha value is -0.490. The van der Waals surface area contributed by atoms with Crippen LogP contribution < -0.4 is 0 Å². The highest BCUT2D eigenvalue weighted by atomic mass is 35.7. The van der Waals surface area contributed by atoms with E-state index in [0.29, 0.717) is 19.0 Å². The molecule has 0 aromatic heterocycles. The lowest BCUT2D eigenvalue weighted by Crippen LogP contribution is -2.33. The SMILES string of the molecule is CCN(CC1CC1)C(=O)c1cc(S(=O)(=O)Cl)c(Cl)cc1Cl. The van der Waals surface area contributed by atoms with Crippen molar-refractivity contribution in [3.8, 4) is 0 Å². The highest BCUT2D eigenvalue weighted by Gasteiger charge is 2.28. The quantitative estimate of drug-likeness (QED) is 0.741. The minimum atomic E-state index is -4.04. The first-order chi connectivity index (χ1) is 9.74. The van der Waals surface area contributed by atoms with Gasteiger partial charge < -0.3 is 4.90 Å². The number of halogens is 3. The Balaban J connectivity index is 2.39. The van der Waals surface area contributed by atoms with Crippen LogP contribution in [0.5, 0.6) is 0 Å². The Labute approximate surface area is 138 Å². The van der Waals surface area contributed by atoms with Gasteiger partial charge in [-0.2, -0.15) is 0 Å². The maximum absolute atomic E-state index is 12.5. The summed E-state index contributed by atoms with van der Waals surface area (Å²) in [6.07, 6.45) is 2.22. The molecule has 0 radical (unpaired) electrons. The lowest BCUT2D eigenvalue weighted by molar-refractivity contribution is 0.0757. The molecule has 21 heavy (non-hydrogen) atoms. The van der Waals surface area contributed by atoms with Gasteiger partial charge in [-0.05, 0) is 37.8 Å². The average molecular weight is 371 g/mol. The van der Waals surface area contributed by atoms with Crippen LogP contribution in [0, 0.1) is 5.92 Å². The summed E-state index contributed by atoms with van der Waals surface area (Å²) in [6, 6.07) is 2.38. The fourth-order valence-electron chi connectivity index (χ4n) is 2.02. The average Bonchev–Trinajstić information content (AvgIpc) is 3.17. The molecule has 1 amide bonds. The van der Waals surface area contributed by atoms with Crippen LogP contribution in [-0.2, 0) is 9.05 Å². The third-order valence-electron chi connectivity index (χ3n) is 3.36. The first-order valence-corrected chi connectivity index (χ1v) is 9.53. The van der Waals surface area contributed by atoms with E-state index in [1.54, 1.807) is 4.90 Å². The summed E-state index contributed by atoms with van der Waals surface area (Å²) >= 11 is 11.9. The second kappa shape index (κ2) is 6.32. The van der Waals surface area contributed by atoms with Crippen molar-refractivity contribution in [2.24, 2.45) is 5.92 Å². The molecular weight excluding hydrogens is 357 g/mol. The number of hydrogen-bond donors (Lipinski definition) is 0. The molecule has 1 saturated carbocycles. The van der Waals surface area contributed by atoms with Gasteiger partial charge in [-0.3, -0.25) is 4.79 Å². The molecule has 1 aromatic rings. The van der Waals surface area contributed by atoms with E-state index in [1.165, 1.54) is 6.07 Å². The van der Waals surface area contributed by atoms with Gasteiger partial charge in [0, 0.05) is 23.8 Å². The molecular formula is C13H14Cl3NO3S. The number of carbonyl (C=O) groups excluding carboxylic acids is 1. The molecule has 0 spiro atoms. The van der Waals surface area contributed by atoms with Gasteiger partial charge in [0.15, 0.2) is 0 Å². The third-order valence-corrected chi connectivity index (χ3v) is 5.46. The smallest absolute Gasteiger partial charge is 0.262 e. The molecule has 0 saturated heterocycles. The Kier molecular flexibility index (Phi) is 5.08. The van der Waals surface area contributed by atoms with Gasteiger partial charge in [0.2, 0.25) is 0 Å². The minimum Gasteiger partial charge on any atom is -0.339 e. The summed E-state index contributed by atoms with van der Waals surface area (Å²) in [5, 5.41) is 0.0140. The Morgan fingerprint density at radius 2 is 1.90 bits per heavy atom. The van der Waals surface area contributed by atoms with Crippen LogP contribution in [0.2, 0.25) is 10.0 Å². The fourth-order valence-corrected chi connectivity index (χ4v) is 3.84. The molecule has 1 aliphatic carbocycles. The van der Waals surface area contributed by atoms with E-state index in [2.05, 4.69) is 0 Å². The van der Waals surface area contributed by atoms with Gasteiger partial charge in [0.05, 0.1) is 15.6 Å². The summed E-state index contributed by atoms with van der Waals surface area (Å²) in [7, 11) is 1.28. The van der Waals surface area contributed by atoms with Gasteiger partial charge in [0.25, 0.3) is 15.0 Å². The largest absolute Gasteiger partial charge is 0.339 e. The predicted octanol–water partition coefficient (Wildman–Crippen LogP) is 3.79. The van der Waals surface area contributed by atoms with E-state index in [-0.39, 0.29) is 26.4 Å². The van der Waals surface area contributed by atoms with Gasteiger partial charge in [0.1, 0.15) is 4.90 Å². The summed E-state index contributed by atoms with van der Waals surface area (Å²) in [5.74, 6) is 0.212. The molecule has 0 bridgehead atoms. The fraction of sp³-hybridized carbons (Fsp3) is 0.462. The van der Waals surface area contributed by atoms with Crippen LogP contribution in [-0.4, -0.2) is 32.3 Å². The number of hydrogen-bond acceptors (Lipinski definition) is 3. The van der Waals surface area contributed by atoms with Crippen molar-refractivity contribution < 1.29 is 13.2 Å². The van der Waals surface area contributed by atoms with Gasteiger partial charge in [-0.25, -0.2) is 8.42 Å². The zero-order valence-electron chi connectivity index (χ0n) is 11.3. The maximum Gasteiger partial charge on any atom is 0.262 e. The molecule has 1 aliphatic rings. The van der Waals surface area contributed by atoms with E-state index in [1.807, 2.05) is 6.92 Å². The summed E-state index contributed by atoms with van der Waals surface area (Å²) < 4.78 is 23.0. The van der Waals surface area contributed by atoms with E-state index in [0.717, 1.165) is 18.9 Å². The molecule has 0 heterocycles. The molecule has 1 fully saturated rings. The highest BCUT2D eigenvalue weighted by Crippen LogP contribution is 2.33. The van der Waals surface area contributed by atoms with Crippen LogP contribution in [0.3, 0.4) is 0 Å². The molecule has 1 aromatic carbocycles. The zero-order valence-corrected chi connectivity index (χ0v) is 14.4. The van der Waals surface area contributed by atoms with Crippen molar-refractivity contribution in [2.45, 2.75) is 24.7 Å². The standard InChI is InChI=1S/C13H14Cl3NO3S/c1-2-17(7-8-3-4-8)13(18)9-5-12(21(16,19)20)11(15)6-10(9)14/h5-6,8H,2-4,7H2,1H3. The van der Waals surface area contributed by atoms with Crippen molar-refractivity contribution >= 4 is 48.8 Å². The van der Waals surface area contributed by atoms with Crippen molar-refractivity contribution in [3.63, 3.8) is 0 Å². The molecule has 8 heteroatoms. The zero-order chi connectivity index (χ0) is 15.8. The van der Waals surface area contributed by atoms with Gasteiger partial charge >= 0.3 is 0 Å². The van der Waals surface area contributed by atoms with E-state index in [4.69, 9.17) is 33.9 Å². The van der Waals surface area contributed by atoms with Gasteiger partial charge in [-0.15, -0.1) is 0 Å². The first-order valence-electron chi connectivity index (χ1n) is 6.47. The van der Waals surface area contributed by atoms with Gasteiger partial charge in [-0.1, -0.05) is 23.2 Å². The summed E-state index contributed by atoms with van der Waals surface area (Å²) in [4.78, 5) is 13.9. The normalized spacial score (nSPS) is 15.0. The summed E-state index contributed by atoms with van der Waals surface area (Å²) in [6.45, 7) is 3.04. The van der Waals surface area contributed by atoms with E-state index >= 15 is 0 Å². The second-order valence-electron chi connectivity index (χ2n) is 4.99. The monoisotopic (exact) mass is 369 g/mol. The minimum absolute atomic E-state index is 0.0998. The number of amides is 1. The lowest BCUT2D eigenvalue weighted by Gasteiger charge is -2.21. The maximum atomic E-state index is 12.5. The molecule has 0 aliphatic heterocycles. The van der Waals surface area contributed by atoms with E-state index in [9.17, 15) is 13.2 Å². The molecule has 116 valence electrons.